The van der Waals surface area contributed by atoms with Crippen molar-refractivity contribution in [2.45, 2.75) is 19.9 Å². The quantitative estimate of drug-likeness (QED) is 0.750. The van der Waals surface area contributed by atoms with E-state index in [1.165, 1.54) is 0 Å². The lowest BCUT2D eigenvalue weighted by molar-refractivity contribution is -0.124. The number of nitrogens with two attached hydrogens (primary N) is 1. The highest BCUT2D eigenvalue weighted by Crippen LogP contribution is 2.03. The van der Waals surface area contributed by atoms with Crippen molar-refractivity contribution in [2.24, 2.45) is 11.7 Å². The van der Waals surface area contributed by atoms with Crippen molar-refractivity contribution in [1.29, 1.82) is 0 Å². The number of carbonyl (C=O) groups excluding carboxylic acids is 1. The Morgan fingerprint density at radius 3 is 3.00 bits per heavy atom. The Labute approximate surface area is 100 Å². The summed E-state index contributed by atoms with van der Waals surface area (Å²) in [5, 5.41) is 2.81. The van der Waals surface area contributed by atoms with Gasteiger partial charge in [0, 0.05) is 31.3 Å². The first-order valence-electron chi connectivity index (χ1n) is 5.04. The van der Waals surface area contributed by atoms with Gasteiger partial charge in [-0.3, -0.25) is 9.78 Å². The van der Waals surface area contributed by atoms with E-state index in [-0.39, 0.29) is 11.8 Å². The molecule has 0 aliphatic carbocycles. The van der Waals surface area contributed by atoms with Gasteiger partial charge in [-0.2, -0.15) is 0 Å². The van der Waals surface area contributed by atoms with Crippen molar-refractivity contribution in [1.82, 2.24) is 10.3 Å². The smallest absolute Gasteiger partial charge is 0.223 e. The van der Waals surface area contributed by atoms with Gasteiger partial charge in [-0.15, -0.1) is 0 Å². The molecule has 3 N–H and O–H groups in total. The summed E-state index contributed by atoms with van der Waals surface area (Å²) in [6.07, 6.45) is 3.85. The molecule has 0 aliphatic heterocycles. The Kier molecular flexibility index (Phi) is 4.85. The van der Waals surface area contributed by atoms with Gasteiger partial charge in [0.1, 0.15) is 0 Å². The molecular formula is C11H15N3OS. The van der Waals surface area contributed by atoms with E-state index < -0.39 is 0 Å². The summed E-state index contributed by atoms with van der Waals surface area (Å²) < 4.78 is 0. The molecule has 0 radical (unpaired) electrons. The molecule has 1 unspecified atom stereocenters. The van der Waals surface area contributed by atoms with Crippen molar-refractivity contribution in [3.8, 4) is 0 Å². The van der Waals surface area contributed by atoms with E-state index in [0.717, 1.165) is 5.56 Å². The second-order valence-corrected chi connectivity index (χ2v) is 4.17. The number of carbonyl (C=O) groups is 1. The number of nitrogens with zero attached hydrogens (tertiary/aromatic N) is 1. The summed E-state index contributed by atoms with van der Waals surface area (Å²) in [7, 11) is 0. The van der Waals surface area contributed by atoms with Crippen LogP contribution in [0.1, 0.15) is 18.9 Å². The highest BCUT2D eigenvalue weighted by molar-refractivity contribution is 7.80. The summed E-state index contributed by atoms with van der Waals surface area (Å²) in [4.78, 5) is 15.9. The summed E-state index contributed by atoms with van der Waals surface area (Å²) in [5.74, 6) is -0.231. The Balaban J connectivity index is 2.38. The van der Waals surface area contributed by atoms with E-state index in [0.29, 0.717) is 18.0 Å². The van der Waals surface area contributed by atoms with Gasteiger partial charge in [0.05, 0.1) is 4.99 Å². The van der Waals surface area contributed by atoms with E-state index in [1.807, 2.05) is 12.1 Å². The van der Waals surface area contributed by atoms with Crippen molar-refractivity contribution >= 4 is 23.1 Å². The predicted molar refractivity (Wildman–Crippen MR) is 66.7 cm³/mol. The lowest BCUT2D eigenvalue weighted by atomic mass is 10.1. The zero-order chi connectivity index (χ0) is 12.0. The van der Waals surface area contributed by atoms with Crippen molar-refractivity contribution in [2.75, 3.05) is 0 Å². The maximum atomic E-state index is 11.6. The minimum absolute atomic E-state index is 0.0448. The highest BCUT2D eigenvalue weighted by Gasteiger charge is 2.13. The van der Waals surface area contributed by atoms with Crippen molar-refractivity contribution in [3.63, 3.8) is 0 Å². The number of thiocarbonyl (C=S) groups is 1. The van der Waals surface area contributed by atoms with Crippen LogP contribution in [-0.2, 0) is 11.3 Å². The summed E-state index contributed by atoms with van der Waals surface area (Å²) in [6, 6.07) is 3.74. The van der Waals surface area contributed by atoms with E-state index in [4.69, 9.17) is 18.0 Å². The summed E-state index contributed by atoms with van der Waals surface area (Å²) in [6.45, 7) is 2.28. The average molecular weight is 237 g/mol. The van der Waals surface area contributed by atoms with E-state index in [2.05, 4.69) is 10.3 Å². The van der Waals surface area contributed by atoms with Gasteiger partial charge in [0.2, 0.25) is 5.91 Å². The molecule has 1 aromatic rings. The molecule has 5 heteroatoms. The number of aromatic nitrogens is 1. The third kappa shape index (κ3) is 4.35. The average Bonchev–Trinajstić information content (AvgIpc) is 2.26. The number of amides is 1. The SMILES string of the molecule is CC(CC(N)=S)C(=O)NCc1cccnc1. The Morgan fingerprint density at radius 2 is 2.44 bits per heavy atom. The number of nitrogens with one attached hydrogen (secondary N) is 1. The fraction of sp³-hybridized carbons (Fsp3) is 0.364. The molecule has 86 valence electrons. The molecular weight excluding hydrogens is 222 g/mol. The standard InChI is InChI=1S/C11H15N3OS/c1-8(5-10(12)16)11(15)14-7-9-3-2-4-13-6-9/h2-4,6,8H,5,7H2,1H3,(H2,12,16)(H,14,15). The van der Waals surface area contributed by atoms with Crippen LogP contribution in [0.25, 0.3) is 0 Å². The van der Waals surface area contributed by atoms with Crippen LogP contribution in [0.3, 0.4) is 0 Å². The van der Waals surface area contributed by atoms with Gasteiger partial charge < -0.3 is 11.1 Å². The number of pyridine rings is 1. The van der Waals surface area contributed by atoms with Gasteiger partial charge in [-0.1, -0.05) is 25.2 Å². The second-order valence-electron chi connectivity index (χ2n) is 3.65. The highest BCUT2D eigenvalue weighted by atomic mass is 32.1. The first-order valence-corrected chi connectivity index (χ1v) is 5.45. The third-order valence-electron chi connectivity index (χ3n) is 2.14. The van der Waals surface area contributed by atoms with Crippen molar-refractivity contribution < 1.29 is 4.79 Å². The lowest BCUT2D eigenvalue weighted by Gasteiger charge is -2.10. The van der Waals surface area contributed by atoms with Gasteiger partial charge in [-0.25, -0.2) is 0 Å². The maximum Gasteiger partial charge on any atom is 0.223 e. The number of hydrogen-bond donors (Lipinski definition) is 2. The molecule has 0 aromatic carbocycles. The first kappa shape index (κ1) is 12.6. The minimum Gasteiger partial charge on any atom is -0.393 e. The largest absolute Gasteiger partial charge is 0.393 e. The zero-order valence-electron chi connectivity index (χ0n) is 9.14. The topological polar surface area (TPSA) is 68.0 Å². The fourth-order valence-electron chi connectivity index (χ4n) is 1.26. The van der Waals surface area contributed by atoms with Crippen LogP contribution < -0.4 is 11.1 Å². The normalized spacial score (nSPS) is 11.8. The summed E-state index contributed by atoms with van der Waals surface area (Å²) in [5.41, 5.74) is 6.35. The maximum absolute atomic E-state index is 11.6. The predicted octanol–water partition coefficient (Wildman–Crippen LogP) is 1.01. The minimum atomic E-state index is -0.186. The zero-order valence-corrected chi connectivity index (χ0v) is 9.96. The lowest BCUT2D eigenvalue weighted by Crippen LogP contribution is -2.31. The molecule has 16 heavy (non-hydrogen) atoms. The van der Waals surface area contributed by atoms with Crippen LogP contribution in [-0.4, -0.2) is 15.9 Å². The molecule has 0 saturated carbocycles. The second kappa shape index (κ2) is 6.17. The molecule has 0 bridgehead atoms. The molecule has 4 nitrogen and oxygen atoms in total. The van der Waals surface area contributed by atoms with Gasteiger partial charge in [0.25, 0.3) is 0 Å². The molecule has 1 aromatic heterocycles. The molecule has 0 saturated heterocycles. The third-order valence-corrected chi connectivity index (χ3v) is 2.31. The van der Waals surface area contributed by atoms with E-state index in [9.17, 15) is 4.79 Å². The number of rotatable bonds is 5. The Morgan fingerprint density at radius 1 is 1.69 bits per heavy atom. The number of hydrogen-bond acceptors (Lipinski definition) is 3. The first-order chi connectivity index (χ1) is 7.59. The van der Waals surface area contributed by atoms with Crippen LogP contribution in [0.15, 0.2) is 24.5 Å². The van der Waals surface area contributed by atoms with Crippen LogP contribution in [0.4, 0.5) is 0 Å². The molecule has 1 rings (SSSR count). The molecule has 0 spiro atoms. The molecule has 1 amide bonds. The van der Waals surface area contributed by atoms with Gasteiger partial charge in [0.15, 0.2) is 0 Å². The van der Waals surface area contributed by atoms with Gasteiger partial charge >= 0.3 is 0 Å². The van der Waals surface area contributed by atoms with Crippen LogP contribution in [0.5, 0.6) is 0 Å². The van der Waals surface area contributed by atoms with Crippen molar-refractivity contribution in [3.05, 3.63) is 30.1 Å². The monoisotopic (exact) mass is 237 g/mol. The van der Waals surface area contributed by atoms with Crippen LogP contribution in [0, 0.1) is 5.92 Å². The van der Waals surface area contributed by atoms with Crippen LogP contribution in [0.2, 0.25) is 0 Å². The Bertz CT molecular complexity index is 367. The molecule has 1 atom stereocenters. The van der Waals surface area contributed by atoms with E-state index in [1.54, 1.807) is 19.3 Å². The molecule has 0 fully saturated rings. The Hall–Kier alpha value is -1.49. The molecule has 1 heterocycles. The summed E-state index contributed by atoms with van der Waals surface area (Å²) >= 11 is 4.76. The van der Waals surface area contributed by atoms with Gasteiger partial charge in [-0.05, 0) is 11.6 Å². The molecule has 0 aliphatic rings. The fourth-order valence-corrected chi connectivity index (χ4v) is 1.51. The van der Waals surface area contributed by atoms with Crippen LogP contribution >= 0.6 is 12.2 Å². The van der Waals surface area contributed by atoms with E-state index >= 15 is 0 Å².